The Balaban J connectivity index is 1.08. The van der Waals surface area contributed by atoms with Crippen molar-refractivity contribution in [2.45, 2.75) is 50.4 Å². The topological polar surface area (TPSA) is 122 Å². The van der Waals surface area contributed by atoms with Crippen LogP contribution in [0.4, 0.5) is 10.5 Å². The summed E-state index contributed by atoms with van der Waals surface area (Å²) in [6.07, 6.45) is 5.71. The highest BCUT2D eigenvalue weighted by atomic mass is 35.5. The van der Waals surface area contributed by atoms with Crippen LogP contribution in [-0.4, -0.2) is 41.3 Å². The van der Waals surface area contributed by atoms with Crippen LogP contribution in [0.1, 0.15) is 54.7 Å². The summed E-state index contributed by atoms with van der Waals surface area (Å²) in [6.45, 7) is 2.01. The smallest absolute Gasteiger partial charge is 0.335 e. The molecule has 38 heavy (non-hydrogen) atoms. The zero-order valence-corrected chi connectivity index (χ0v) is 21.9. The Kier molecular flexibility index (Phi) is 6.96. The maximum atomic E-state index is 12.0. The van der Waals surface area contributed by atoms with Crippen molar-refractivity contribution in [3.63, 3.8) is 0 Å². The maximum absolute atomic E-state index is 12.0. The number of piperidine rings is 1. The molecular formula is C26H26Cl2N6O4. The average Bonchev–Trinajstić information content (AvgIpc) is 3.68. The summed E-state index contributed by atoms with van der Waals surface area (Å²) >= 11 is 12.9. The number of ether oxygens (including phenoxy) is 1. The highest BCUT2D eigenvalue weighted by molar-refractivity contribution is 6.39. The van der Waals surface area contributed by atoms with E-state index in [1.165, 1.54) is 0 Å². The number of hydrogen-bond donors (Lipinski definition) is 3. The third-order valence-electron chi connectivity index (χ3n) is 7.13. The zero-order valence-electron chi connectivity index (χ0n) is 20.4. The van der Waals surface area contributed by atoms with Gasteiger partial charge in [0.25, 0.3) is 5.91 Å². The first-order valence-electron chi connectivity index (χ1n) is 12.6. The Labute approximate surface area is 229 Å². The molecule has 2 aromatic heterocycles. The van der Waals surface area contributed by atoms with Gasteiger partial charge in [-0.2, -0.15) is 0 Å². The van der Waals surface area contributed by atoms with Crippen LogP contribution in [0, 0.1) is 0 Å². The van der Waals surface area contributed by atoms with Crippen LogP contribution >= 0.6 is 23.2 Å². The van der Waals surface area contributed by atoms with E-state index in [1.54, 1.807) is 24.4 Å². The normalized spacial score (nSPS) is 20.4. The fraction of sp³-hybridized carbons (Fsp3) is 0.385. The number of carbonyl (C=O) groups is 2. The third kappa shape index (κ3) is 5.09. The first kappa shape index (κ1) is 25.1. The summed E-state index contributed by atoms with van der Waals surface area (Å²) in [5.74, 6) is 0.810. The van der Waals surface area contributed by atoms with Gasteiger partial charge in [0.1, 0.15) is 17.5 Å². The number of imide groups is 1. The Morgan fingerprint density at radius 3 is 2.47 bits per heavy atom. The molecule has 10 nitrogen and oxygen atoms in total. The molecule has 3 aliphatic rings. The van der Waals surface area contributed by atoms with E-state index in [9.17, 15) is 9.59 Å². The Morgan fingerprint density at radius 2 is 1.82 bits per heavy atom. The molecule has 0 spiro atoms. The van der Waals surface area contributed by atoms with Crippen LogP contribution in [0.2, 0.25) is 10.0 Å². The molecule has 3 aromatic rings. The molecular weight excluding hydrogens is 531 g/mol. The molecule has 198 valence electrons. The number of halogens is 2. The van der Waals surface area contributed by atoms with Gasteiger partial charge in [0, 0.05) is 30.1 Å². The van der Waals surface area contributed by atoms with Crippen molar-refractivity contribution in [2.24, 2.45) is 0 Å². The van der Waals surface area contributed by atoms with Crippen molar-refractivity contribution < 1.29 is 18.8 Å². The lowest BCUT2D eigenvalue weighted by atomic mass is 10.0. The van der Waals surface area contributed by atoms with Gasteiger partial charge in [0.2, 0.25) is 0 Å². The maximum Gasteiger partial charge on any atom is 0.335 e. The van der Waals surface area contributed by atoms with E-state index in [4.69, 9.17) is 32.5 Å². The molecule has 1 aliphatic carbocycles. The third-order valence-corrected chi connectivity index (χ3v) is 7.76. The molecule has 6 rings (SSSR count). The van der Waals surface area contributed by atoms with Gasteiger partial charge in [-0.05, 0) is 49.9 Å². The van der Waals surface area contributed by atoms with Gasteiger partial charge >= 0.3 is 6.03 Å². The molecule has 2 saturated heterocycles. The molecule has 3 fully saturated rings. The summed E-state index contributed by atoms with van der Waals surface area (Å²) in [5, 5.41) is 7.64. The molecule has 0 radical (unpaired) electrons. The van der Waals surface area contributed by atoms with Crippen molar-refractivity contribution in [1.82, 2.24) is 26.3 Å². The summed E-state index contributed by atoms with van der Waals surface area (Å²) in [7, 11) is 0. The Bertz CT molecular complexity index is 1330. The molecule has 12 heteroatoms. The van der Waals surface area contributed by atoms with Gasteiger partial charge in [-0.3, -0.25) is 20.5 Å². The van der Waals surface area contributed by atoms with E-state index in [1.807, 2.05) is 12.1 Å². The molecule has 1 unspecified atom stereocenters. The number of benzene rings is 1. The summed E-state index contributed by atoms with van der Waals surface area (Å²) in [4.78, 5) is 30.0. The van der Waals surface area contributed by atoms with Gasteiger partial charge in [0.05, 0.1) is 40.3 Å². The lowest BCUT2D eigenvalue weighted by molar-refractivity contribution is -0.123. The summed E-state index contributed by atoms with van der Waals surface area (Å²) in [6, 6.07) is 7.83. The van der Waals surface area contributed by atoms with Crippen molar-refractivity contribution >= 4 is 40.8 Å². The van der Waals surface area contributed by atoms with E-state index >= 15 is 0 Å². The number of nitrogens with zero attached hydrogens (tertiary/aromatic N) is 3. The van der Waals surface area contributed by atoms with Gasteiger partial charge in [-0.25, -0.2) is 10.2 Å². The van der Waals surface area contributed by atoms with E-state index in [2.05, 4.69) is 31.2 Å². The predicted octanol–water partition coefficient (Wildman–Crippen LogP) is 4.49. The highest BCUT2D eigenvalue weighted by Gasteiger charge is 2.34. The fourth-order valence-electron chi connectivity index (χ4n) is 4.91. The molecule has 0 bridgehead atoms. The fourth-order valence-corrected chi connectivity index (χ4v) is 5.49. The monoisotopic (exact) mass is 556 g/mol. The van der Waals surface area contributed by atoms with Crippen molar-refractivity contribution in [3.8, 4) is 11.3 Å². The first-order valence-corrected chi connectivity index (χ1v) is 13.3. The number of aromatic nitrogens is 2. The molecule has 1 atom stereocenters. The predicted molar refractivity (Wildman–Crippen MR) is 141 cm³/mol. The minimum atomic E-state index is -0.732. The second-order valence-electron chi connectivity index (χ2n) is 9.70. The molecule has 4 heterocycles. The number of amides is 3. The summed E-state index contributed by atoms with van der Waals surface area (Å²) < 4.78 is 12.1. The average molecular weight is 557 g/mol. The minimum absolute atomic E-state index is 0.0914. The molecule has 2 aliphatic heterocycles. The number of anilines is 1. The van der Waals surface area contributed by atoms with Crippen LogP contribution in [0.15, 0.2) is 41.1 Å². The van der Waals surface area contributed by atoms with Crippen molar-refractivity contribution in [2.75, 3.05) is 18.0 Å². The number of hydrazine groups is 1. The molecule has 3 N–H and O–H groups in total. The second kappa shape index (κ2) is 10.5. The number of pyridine rings is 1. The molecule has 1 saturated carbocycles. The number of rotatable bonds is 7. The highest BCUT2D eigenvalue weighted by Crippen LogP contribution is 2.46. The zero-order chi connectivity index (χ0) is 26.2. The Hall–Kier alpha value is -3.18. The van der Waals surface area contributed by atoms with Crippen molar-refractivity contribution in [3.05, 3.63) is 63.6 Å². The van der Waals surface area contributed by atoms with E-state index in [0.29, 0.717) is 39.5 Å². The van der Waals surface area contributed by atoms with Crippen LogP contribution in [0.5, 0.6) is 0 Å². The van der Waals surface area contributed by atoms with Gasteiger partial charge < -0.3 is 14.2 Å². The van der Waals surface area contributed by atoms with Crippen LogP contribution in [0.25, 0.3) is 11.3 Å². The number of carbonyl (C=O) groups excluding carboxylic acids is 2. The SMILES string of the molecule is O=C1NNC(c2ccc(N3CCC(OCc4c(-c5c(Cl)cccc5Cl)noc4C4CC4)CC3)cn2)C(=O)N1. The largest absolute Gasteiger partial charge is 0.373 e. The van der Waals surface area contributed by atoms with Crippen molar-refractivity contribution in [1.29, 1.82) is 0 Å². The quantitative estimate of drug-likeness (QED) is 0.389. The van der Waals surface area contributed by atoms with Crippen LogP contribution in [-0.2, 0) is 16.1 Å². The second-order valence-corrected chi connectivity index (χ2v) is 10.5. The van der Waals surface area contributed by atoms with Crippen LogP contribution in [0.3, 0.4) is 0 Å². The lowest BCUT2D eigenvalue weighted by Crippen LogP contribution is -2.58. The molecule has 1 aromatic carbocycles. The standard InChI is InChI=1S/C26H26Cl2N6O4/c27-18-2-1-3-19(28)21(18)22-17(24(38-33-22)14-4-5-14)13-37-16-8-10-34(11-9-16)15-6-7-20(29-12-15)23-25(35)30-26(36)32-31-23/h1-3,6-7,12,14,16,23,31H,4-5,8-11,13H2,(H2,30,32,35,36). The summed E-state index contributed by atoms with van der Waals surface area (Å²) in [5.41, 5.74) is 8.83. The van der Waals surface area contributed by atoms with E-state index in [-0.39, 0.29) is 6.10 Å². The number of urea groups is 1. The van der Waals surface area contributed by atoms with Gasteiger partial charge in [-0.15, -0.1) is 0 Å². The number of hydrogen-bond acceptors (Lipinski definition) is 8. The van der Waals surface area contributed by atoms with Crippen LogP contribution < -0.4 is 21.1 Å². The van der Waals surface area contributed by atoms with E-state index < -0.39 is 18.0 Å². The number of nitrogens with one attached hydrogen (secondary N) is 3. The molecule has 3 amide bonds. The Morgan fingerprint density at radius 1 is 1.05 bits per heavy atom. The lowest BCUT2D eigenvalue weighted by Gasteiger charge is -2.33. The van der Waals surface area contributed by atoms with Gasteiger partial charge in [0.15, 0.2) is 0 Å². The van der Waals surface area contributed by atoms with E-state index in [0.717, 1.165) is 55.8 Å². The van der Waals surface area contributed by atoms with Gasteiger partial charge in [-0.1, -0.05) is 34.4 Å². The minimum Gasteiger partial charge on any atom is -0.373 e. The first-order chi connectivity index (χ1) is 18.5.